The third kappa shape index (κ3) is 3.53. The van der Waals surface area contributed by atoms with Crippen LogP contribution in [-0.4, -0.2) is 32.7 Å². The van der Waals surface area contributed by atoms with Crippen LogP contribution >= 0.6 is 11.8 Å². The van der Waals surface area contributed by atoms with Crippen LogP contribution in [0.15, 0.2) is 46.5 Å². The van der Waals surface area contributed by atoms with Gasteiger partial charge in [-0.1, -0.05) is 55.9 Å². The Kier molecular flexibility index (Phi) is 5.04. The molecule has 0 saturated carbocycles. The lowest BCUT2D eigenvalue weighted by molar-refractivity contribution is 0.0719. The van der Waals surface area contributed by atoms with Crippen molar-refractivity contribution in [2.75, 3.05) is 12.3 Å². The van der Waals surface area contributed by atoms with E-state index in [1.165, 1.54) is 6.20 Å². The maximum Gasteiger partial charge on any atom is 0.267 e. The number of hydrogen-bond acceptors (Lipinski definition) is 4. The molecule has 126 valence electrons. The highest BCUT2D eigenvalue weighted by Crippen LogP contribution is 2.21. The van der Waals surface area contributed by atoms with E-state index >= 15 is 0 Å². The lowest BCUT2D eigenvalue weighted by Gasteiger charge is -2.24. The summed E-state index contributed by atoms with van der Waals surface area (Å²) in [6, 6.07) is 9.84. The molecule has 1 aliphatic rings. The van der Waals surface area contributed by atoms with Crippen molar-refractivity contribution in [1.29, 1.82) is 0 Å². The van der Waals surface area contributed by atoms with E-state index in [1.54, 1.807) is 21.2 Å². The first-order chi connectivity index (χ1) is 11.6. The average molecular weight is 343 g/mol. The van der Waals surface area contributed by atoms with E-state index in [4.69, 9.17) is 0 Å². The minimum atomic E-state index is -0.239. The zero-order valence-corrected chi connectivity index (χ0v) is 14.8. The molecule has 0 aliphatic carbocycles. The molecule has 24 heavy (non-hydrogen) atoms. The fraction of sp³-hybridized carbons (Fsp3) is 0.389. The number of carbonyl (C=O) groups is 1. The molecule has 0 spiro atoms. The first kappa shape index (κ1) is 16.8. The smallest absolute Gasteiger partial charge is 0.267 e. The molecule has 0 atom stereocenters. The van der Waals surface area contributed by atoms with Crippen LogP contribution in [0.4, 0.5) is 0 Å². The molecule has 3 rings (SSSR count). The summed E-state index contributed by atoms with van der Waals surface area (Å²) in [6.45, 7) is 5.85. The molecular weight excluding hydrogens is 322 g/mol. The molecule has 0 fully saturated rings. The van der Waals surface area contributed by atoms with Crippen LogP contribution in [0.3, 0.4) is 0 Å². The highest BCUT2D eigenvalue weighted by molar-refractivity contribution is 7.99. The number of fused-ring (bicyclic) bond motifs is 1. The van der Waals surface area contributed by atoms with Crippen LogP contribution in [0.1, 0.15) is 29.8 Å². The Bertz CT molecular complexity index is 787. The molecule has 0 unspecified atom stereocenters. The van der Waals surface area contributed by atoms with E-state index in [-0.39, 0.29) is 17.0 Å². The molecule has 5 nitrogen and oxygen atoms in total. The summed E-state index contributed by atoms with van der Waals surface area (Å²) in [5, 5.41) is 0.704. The third-order valence-corrected chi connectivity index (χ3v) is 4.85. The van der Waals surface area contributed by atoms with Gasteiger partial charge in [0, 0.05) is 31.6 Å². The van der Waals surface area contributed by atoms with Gasteiger partial charge in [-0.2, -0.15) is 0 Å². The summed E-state index contributed by atoms with van der Waals surface area (Å²) in [4.78, 5) is 31.6. The van der Waals surface area contributed by atoms with E-state index in [2.05, 4.69) is 18.8 Å². The van der Waals surface area contributed by atoms with Crippen molar-refractivity contribution in [2.45, 2.75) is 32.1 Å². The first-order valence-electron chi connectivity index (χ1n) is 8.12. The number of nitrogens with zero attached hydrogens (tertiary/aromatic N) is 3. The van der Waals surface area contributed by atoms with Gasteiger partial charge in [0.25, 0.3) is 11.5 Å². The highest BCUT2D eigenvalue weighted by Gasteiger charge is 2.24. The Morgan fingerprint density at radius 2 is 2.08 bits per heavy atom. The number of aromatic nitrogens is 2. The summed E-state index contributed by atoms with van der Waals surface area (Å²) >= 11 is 1.55. The molecule has 1 amide bonds. The number of thioether (sulfide) groups is 1. The van der Waals surface area contributed by atoms with Crippen LogP contribution in [-0.2, 0) is 13.1 Å². The third-order valence-electron chi connectivity index (χ3n) is 3.88. The van der Waals surface area contributed by atoms with Gasteiger partial charge in [0.1, 0.15) is 5.56 Å². The van der Waals surface area contributed by atoms with Crippen LogP contribution in [0, 0.1) is 5.92 Å². The lowest BCUT2D eigenvalue weighted by Crippen LogP contribution is -2.38. The van der Waals surface area contributed by atoms with Crippen molar-refractivity contribution in [2.24, 2.45) is 5.92 Å². The van der Waals surface area contributed by atoms with E-state index < -0.39 is 0 Å². The Morgan fingerprint density at radius 3 is 2.79 bits per heavy atom. The van der Waals surface area contributed by atoms with Gasteiger partial charge >= 0.3 is 0 Å². The summed E-state index contributed by atoms with van der Waals surface area (Å²) in [6.07, 6.45) is 1.44. The molecule has 6 heteroatoms. The number of benzene rings is 1. The van der Waals surface area contributed by atoms with Crippen molar-refractivity contribution >= 4 is 17.7 Å². The van der Waals surface area contributed by atoms with Crippen molar-refractivity contribution in [3.63, 3.8) is 0 Å². The fourth-order valence-corrected chi connectivity index (χ4v) is 3.71. The minimum Gasteiger partial charge on any atom is -0.334 e. The van der Waals surface area contributed by atoms with Gasteiger partial charge in [-0.15, -0.1) is 0 Å². The molecule has 1 aromatic carbocycles. The standard InChI is InChI=1S/C18H21N3O2S/c1-13(2)11-20(12-14-6-4-3-5-7-14)16(22)15-10-19-18-21(17(15)23)8-9-24-18/h3-7,10,13H,8-9,11-12H2,1-2H3. The first-order valence-corrected chi connectivity index (χ1v) is 9.10. The summed E-state index contributed by atoms with van der Waals surface area (Å²) in [5.41, 5.74) is 0.992. The Hall–Kier alpha value is -2.08. The normalized spacial score (nSPS) is 13.1. The lowest BCUT2D eigenvalue weighted by atomic mass is 10.1. The monoisotopic (exact) mass is 343 g/mol. The number of rotatable bonds is 5. The van der Waals surface area contributed by atoms with Gasteiger partial charge in [0.15, 0.2) is 5.16 Å². The second kappa shape index (κ2) is 7.21. The number of amides is 1. The number of hydrogen-bond donors (Lipinski definition) is 0. The van der Waals surface area contributed by atoms with Crippen molar-refractivity contribution in [3.05, 3.63) is 58.0 Å². The zero-order chi connectivity index (χ0) is 17.1. The molecule has 0 saturated heterocycles. The average Bonchev–Trinajstić information content (AvgIpc) is 3.04. The maximum atomic E-state index is 13.0. The summed E-state index contributed by atoms with van der Waals surface area (Å²) < 4.78 is 1.61. The second-order valence-corrected chi connectivity index (χ2v) is 7.39. The molecular formula is C18H21N3O2S. The largest absolute Gasteiger partial charge is 0.334 e. The quantitative estimate of drug-likeness (QED) is 0.783. The molecule has 1 aromatic heterocycles. The van der Waals surface area contributed by atoms with Crippen molar-refractivity contribution in [1.82, 2.24) is 14.5 Å². The van der Waals surface area contributed by atoms with Crippen molar-refractivity contribution < 1.29 is 4.79 Å². The Balaban J connectivity index is 1.90. The summed E-state index contributed by atoms with van der Waals surface area (Å²) in [7, 11) is 0. The van der Waals surface area contributed by atoms with Gasteiger partial charge in [0.2, 0.25) is 0 Å². The van der Waals surface area contributed by atoms with E-state index in [0.717, 1.165) is 11.3 Å². The Morgan fingerprint density at radius 1 is 1.33 bits per heavy atom. The van der Waals surface area contributed by atoms with Crippen molar-refractivity contribution in [3.8, 4) is 0 Å². The zero-order valence-electron chi connectivity index (χ0n) is 13.9. The topological polar surface area (TPSA) is 55.2 Å². The molecule has 0 N–H and O–H groups in total. The number of carbonyl (C=O) groups excluding carboxylic acids is 1. The highest BCUT2D eigenvalue weighted by atomic mass is 32.2. The van der Waals surface area contributed by atoms with Gasteiger partial charge in [0.05, 0.1) is 0 Å². The Labute approximate surface area is 145 Å². The van der Waals surface area contributed by atoms with Gasteiger partial charge < -0.3 is 4.90 Å². The summed E-state index contributed by atoms with van der Waals surface area (Å²) in [5.74, 6) is 0.912. The van der Waals surface area contributed by atoms with Crippen LogP contribution in [0.25, 0.3) is 0 Å². The minimum absolute atomic E-state index is 0.165. The molecule has 2 aromatic rings. The fourth-order valence-electron chi connectivity index (χ4n) is 2.80. The van der Waals surface area contributed by atoms with E-state index in [9.17, 15) is 9.59 Å². The molecule has 0 bridgehead atoms. The van der Waals surface area contributed by atoms with Gasteiger partial charge in [-0.25, -0.2) is 4.98 Å². The predicted octanol–water partition coefficient (Wildman–Crippen LogP) is 2.65. The van der Waals surface area contributed by atoms with Crippen LogP contribution in [0.5, 0.6) is 0 Å². The van der Waals surface area contributed by atoms with Gasteiger partial charge in [-0.3, -0.25) is 14.2 Å². The van der Waals surface area contributed by atoms with Gasteiger partial charge in [-0.05, 0) is 11.5 Å². The van der Waals surface area contributed by atoms with Crippen LogP contribution in [0.2, 0.25) is 0 Å². The maximum absolute atomic E-state index is 13.0. The predicted molar refractivity (Wildman–Crippen MR) is 95.2 cm³/mol. The molecule has 2 heterocycles. The SMILES string of the molecule is CC(C)CN(Cc1ccccc1)C(=O)c1cnc2n(c1=O)CCS2. The van der Waals surface area contributed by atoms with E-state index in [1.807, 2.05) is 30.3 Å². The van der Waals surface area contributed by atoms with E-state index in [0.29, 0.717) is 30.7 Å². The molecule has 0 radical (unpaired) electrons. The molecule has 1 aliphatic heterocycles. The second-order valence-electron chi connectivity index (χ2n) is 6.32. The van der Waals surface area contributed by atoms with Crippen LogP contribution < -0.4 is 5.56 Å².